The summed E-state index contributed by atoms with van der Waals surface area (Å²) in [7, 11) is 2.80. The lowest BCUT2D eigenvalue weighted by Gasteiger charge is -2.07. The Morgan fingerprint density at radius 3 is 1.96 bits per heavy atom. The van der Waals surface area contributed by atoms with Gasteiger partial charge in [-0.15, -0.1) is 0 Å². The van der Waals surface area contributed by atoms with Gasteiger partial charge in [0.1, 0.15) is 0 Å². The molecule has 2 aromatic carbocycles. The fourth-order valence-electron chi connectivity index (χ4n) is 2.29. The highest BCUT2D eigenvalue weighted by molar-refractivity contribution is 5.64. The number of halogens is 2. The summed E-state index contributed by atoms with van der Waals surface area (Å²) < 4.78 is 37.5. The Morgan fingerprint density at radius 1 is 0.792 bits per heavy atom. The first kappa shape index (κ1) is 15.9. The number of hydrogen-bond donors (Lipinski definition) is 0. The van der Waals surface area contributed by atoms with Gasteiger partial charge >= 0.3 is 0 Å². The fourth-order valence-corrected chi connectivity index (χ4v) is 2.29. The molecule has 0 amide bonds. The summed E-state index contributed by atoms with van der Waals surface area (Å²) >= 11 is 0. The van der Waals surface area contributed by atoms with Gasteiger partial charge in [0.2, 0.25) is 0 Å². The zero-order chi connectivity index (χ0) is 17.1. The van der Waals surface area contributed by atoms with Crippen LogP contribution in [0.15, 0.2) is 48.7 Å². The van der Waals surface area contributed by atoms with Gasteiger partial charge in [-0.05, 0) is 42.5 Å². The first-order valence-corrected chi connectivity index (χ1v) is 7.13. The van der Waals surface area contributed by atoms with E-state index in [-0.39, 0.29) is 11.5 Å². The zero-order valence-corrected chi connectivity index (χ0v) is 13.1. The van der Waals surface area contributed by atoms with Gasteiger partial charge < -0.3 is 9.47 Å². The molecule has 0 fully saturated rings. The van der Waals surface area contributed by atoms with E-state index in [2.05, 4.69) is 9.97 Å². The van der Waals surface area contributed by atoms with Crippen LogP contribution in [-0.2, 0) is 0 Å². The smallest absolute Gasteiger partial charge is 0.165 e. The number of ether oxygens (including phenoxy) is 2. The Kier molecular flexibility index (Phi) is 4.37. The Hall–Kier alpha value is -3.02. The number of nitrogens with zero attached hydrogens (tertiary/aromatic N) is 2. The van der Waals surface area contributed by atoms with Crippen LogP contribution in [-0.4, -0.2) is 24.2 Å². The molecule has 4 nitrogen and oxygen atoms in total. The van der Waals surface area contributed by atoms with Gasteiger partial charge in [-0.2, -0.15) is 0 Å². The van der Waals surface area contributed by atoms with Crippen LogP contribution in [0.4, 0.5) is 8.78 Å². The molecule has 24 heavy (non-hydrogen) atoms. The maximum absolute atomic E-state index is 13.9. The van der Waals surface area contributed by atoms with Crippen molar-refractivity contribution in [1.82, 2.24) is 9.97 Å². The van der Waals surface area contributed by atoms with E-state index in [1.54, 1.807) is 24.4 Å². The molecule has 0 aliphatic carbocycles. The Balaban J connectivity index is 2.00. The molecule has 122 valence electrons. The second kappa shape index (κ2) is 6.62. The van der Waals surface area contributed by atoms with E-state index in [0.29, 0.717) is 22.6 Å². The second-order valence-electron chi connectivity index (χ2n) is 4.96. The number of hydrogen-bond acceptors (Lipinski definition) is 4. The van der Waals surface area contributed by atoms with Crippen molar-refractivity contribution in [2.75, 3.05) is 14.2 Å². The monoisotopic (exact) mass is 328 g/mol. The fraction of sp³-hybridized carbons (Fsp3) is 0.111. The minimum Gasteiger partial charge on any atom is -0.494 e. The van der Waals surface area contributed by atoms with E-state index < -0.39 is 11.6 Å². The molecule has 0 radical (unpaired) electrons. The van der Waals surface area contributed by atoms with E-state index >= 15 is 0 Å². The van der Waals surface area contributed by atoms with Crippen LogP contribution in [0, 0.1) is 11.6 Å². The third-order valence-electron chi connectivity index (χ3n) is 3.51. The topological polar surface area (TPSA) is 44.2 Å². The summed E-state index contributed by atoms with van der Waals surface area (Å²) in [5, 5.41) is 0. The molecule has 0 aliphatic heterocycles. The van der Waals surface area contributed by atoms with E-state index in [1.807, 2.05) is 0 Å². The third-order valence-corrected chi connectivity index (χ3v) is 3.51. The average Bonchev–Trinajstić information content (AvgIpc) is 2.61. The summed E-state index contributed by atoms with van der Waals surface area (Å²) in [4.78, 5) is 8.53. The number of benzene rings is 2. The second-order valence-corrected chi connectivity index (χ2v) is 4.96. The average molecular weight is 328 g/mol. The quantitative estimate of drug-likeness (QED) is 0.723. The van der Waals surface area contributed by atoms with Gasteiger partial charge in [0.25, 0.3) is 0 Å². The van der Waals surface area contributed by atoms with Crippen LogP contribution in [0.2, 0.25) is 0 Å². The van der Waals surface area contributed by atoms with Gasteiger partial charge in [0, 0.05) is 17.3 Å². The molecule has 0 unspecified atom stereocenters. The molecule has 0 saturated heterocycles. The van der Waals surface area contributed by atoms with Gasteiger partial charge in [-0.3, -0.25) is 0 Å². The summed E-state index contributed by atoms with van der Waals surface area (Å²) in [5.74, 6) is -0.340. The van der Waals surface area contributed by atoms with Crippen molar-refractivity contribution in [3.05, 3.63) is 60.3 Å². The first-order valence-electron chi connectivity index (χ1n) is 7.13. The molecular weight excluding hydrogens is 314 g/mol. The van der Waals surface area contributed by atoms with Crippen LogP contribution in [0.25, 0.3) is 22.6 Å². The van der Waals surface area contributed by atoms with Gasteiger partial charge in [-0.25, -0.2) is 18.7 Å². The molecule has 3 rings (SSSR count). The summed E-state index contributed by atoms with van der Waals surface area (Å²) in [6.45, 7) is 0. The van der Waals surface area contributed by atoms with Gasteiger partial charge in [0.05, 0.1) is 19.9 Å². The lowest BCUT2D eigenvalue weighted by atomic mass is 10.1. The molecule has 0 aliphatic rings. The lowest BCUT2D eigenvalue weighted by Crippen LogP contribution is -1.95. The highest BCUT2D eigenvalue weighted by Gasteiger charge is 2.10. The molecular formula is C18H14F2N2O2. The molecule has 6 heteroatoms. The minimum absolute atomic E-state index is 0.145. The normalized spacial score (nSPS) is 10.5. The minimum atomic E-state index is -0.500. The van der Waals surface area contributed by atoms with Crippen LogP contribution in [0.1, 0.15) is 0 Å². The van der Waals surface area contributed by atoms with Crippen molar-refractivity contribution in [2.45, 2.75) is 0 Å². The predicted molar refractivity (Wildman–Crippen MR) is 85.9 cm³/mol. The highest BCUT2D eigenvalue weighted by atomic mass is 19.1. The van der Waals surface area contributed by atoms with Crippen molar-refractivity contribution in [3.63, 3.8) is 0 Å². The van der Waals surface area contributed by atoms with Crippen molar-refractivity contribution >= 4 is 0 Å². The van der Waals surface area contributed by atoms with Crippen LogP contribution >= 0.6 is 0 Å². The van der Waals surface area contributed by atoms with E-state index in [0.717, 1.165) is 0 Å². The van der Waals surface area contributed by atoms with Gasteiger partial charge in [0.15, 0.2) is 29.0 Å². The van der Waals surface area contributed by atoms with Crippen molar-refractivity contribution < 1.29 is 18.3 Å². The molecule has 3 aromatic rings. The number of aromatic nitrogens is 2. The molecule has 0 N–H and O–H groups in total. The van der Waals surface area contributed by atoms with E-state index in [9.17, 15) is 8.78 Å². The molecule has 0 bridgehead atoms. The zero-order valence-electron chi connectivity index (χ0n) is 13.1. The van der Waals surface area contributed by atoms with Gasteiger partial charge in [-0.1, -0.05) is 0 Å². The molecule has 0 saturated carbocycles. The Morgan fingerprint density at radius 2 is 1.38 bits per heavy atom. The third kappa shape index (κ3) is 3.03. The van der Waals surface area contributed by atoms with Crippen LogP contribution in [0.3, 0.4) is 0 Å². The summed E-state index contributed by atoms with van der Waals surface area (Å²) in [6, 6.07) is 10.7. The summed E-state index contributed by atoms with van der Waals surface area (Å²) in [5.41, 5.74) is 1.60. The predicted octanol–water partition coefficient (Wildman–Crippen LogP) is 4.11. The maximum atomic E-state index is 13.9. The largest absolute Gasteiger partial charge is 0.494 e. The lowest BCUT2D eigenvalue weighted by molar-refractivity contribution is 0.386. The van der Waals surface area contributed by atoms with Crippen molar-refractivity contribution in [2.24, 2.45) is 0 Å². The maximum Gasteiger partial charge on any atom is 0.165 e. The summed E-state index contributed by atoms with van der Waals surface area (Å²) in [6.07, 6.45) is 1.54. The van der Waals surface area contributed by atoms with Crippen LogP contribution < -0.4 is 9.47 Å². The van der Waals surface area contributed by atoms with Crippen LogP contribution in [0.5, 0.6) is 11.5 Å². The van der Waals surface area contributed by atoms with E-state index in [1.165, 1.54) is 38.5 Å². The first-order chi connectivity index (χ1) is 11.6. The van der Waals surface area contributed by atoms with E-state index in [4.69, 9.17) is 9.47 Å². The Labute approximate surface area is 137 Å². The SMILES string of the molecule is COc1ccc(-c2ccnc(-c3ccc(OC)c(F)c3)n2)cc1F. The standard InChI is InChI=1S/C18H14F2N2O2/c1-23-16-5-3-11(9-13(16)19)15-7-8-21-18(22-15)12-4-6-17(24-2)14(20)10-12/h3-10H,1-2H3. The molecule has 1 heterocycles. The highest BCUT2D eigenvalue weighted by Crippen LogP contribution is 2.27. The molecule has 0 atom stereocenters. The van der Waals surface area contributed by atoms with Crippen molar-refractivity contribution in [3.8, 4) is 34.1 Å². The number of methoxy groups -OCH3 is 2. The molecule has 1 aromatic heterocycles. The Bertz CT molecular complexity index is 816. The molecule has 0 spiro atoms. The number of rotatable bonds is 4. The van der Waals surface area contributed by atoms with Crippen molar-refractivity contribution in [1.29, 1.82) is 0 Å².